The minimum Gasteiger partial charge on any atom is -0.378 e. The molecule has 0 aliphatic carbocycles. The zero-order valence-corrected chi connectivity index (χ0v) is 13.0. The van der Waals surface area contributed by atoms with E-state index < -0.39 is 0 Å². The Morgan fingerprint density at radius 1 is 1.14 bits per heavy atom. The van der Waals surface area contributed by atoms with Crippen LogP contribution in [0.1, 0.15) is 33.6 Å². The second-order valence-electron chi connectivity index (χ2n) is 5.42. The molecule has 1 aromatic rings. The van der Waals surface area contributed by atoms with Crippen LogP contribution in [0.2, 0.25) is 0 Å². The summed E-state index contributed by atoms with van der Waals surface area (Å²) >= 11 is 0. The summed E-state index contributed by atoms with van der Waals surface area (Å²) in [6.45, 7) is 9.34. The largest absolute Gasteiger partial charge is 0.378 e. The van der Waals surface area contributed by atoms with Crippen molar-refractivity contribution in [2.45, 2.75) is 39.2 Å². The second kappa shape index (κ2) is 6.86. The summed E-state index contributed by atoms with van der Waals surface area (Å²) in [6.07, 6.45) is 1.96. The van der Waals surface area contributed by atoms with Gasteiger partial charge in [-0.15, -0.1) is 0 Å². The lowest BCUT2D eigenvalue weighted by molar-refractivity contribution is 0.122. The van der Waals surface area contributed by atoms with E-state index in [1.54, 1.807) is 0 Å². The topological polar surface area (TPSA) is 101 Å². The zero-order valence-electron chi connectivity index (χ0n) is 13.0. The van der Waals surface area contributed by atoms with E-state index in [0.29, 0.717) is 31.1 Å². The van der Waals surface area contributed by atoms with Gasteiger partial charge >= 0.3 is 0 Å². The second-order valence-corrected chi connectivity index (χ2v) is 5.42. The van der Waals surface area contributed by atoms with E-state index in [9.17, 15) is 0 Å². The Kier molecular flexibility index (Phi) is 5.13. The molecule has 2 rings (SSSR count). The van der Waals surface area contributed by atoms with Crippen molar-refractivity contribution >= 4 is 17.8 Å². The van der Waals surface area contributed by atoms with Crippen molar-refractivity contribution in [2.75, 3.05) is 41.9 Å². The molecule has 0 bridgehead atoms. The summed E-state index contributed by atoms with van der Waals surface area (Å²) in [4.78, 5) is 15.2. The van der Waals surface area contributed by atoms with Gasteiger partial charge in [-0.25, -0.2) is 5.84 Å². The predicted molar refractivity (Wildman–Crippen MR) is 83.3 cm³/mol. The summed E-state index contributed by atoms with van der Waals surface area (Å²) in [5, 5.41) is 3.39. The SMILES string of the molecule is CCC(C)(CC)Nc1nc(NN)nc(N2CCOCC2)n1. The lowest BCUT2D eigenvalue weighted by atomic mass is 9.96. The molecule has 0 unspecified atom stereocenters. The van der Waals surface area contributed by atoms with E-state index in [0.717, 1.165) is 25.9 Å². The van der Waals surface area contributed by atoms with Crippen LogP contribution in [-0.4, -0.2) is 46.8 Å². The standard InChI is InChI=1S/C13H25N7O/c1-4-13(3,5-2)18-10-15-11(19-14)17-12(16-10)20-6-8-21-9-7-20/h4-9,14H2,1-3H3,(H2,15,16,17,18,19). The summed E-state index contributed by atoms with van der Waals surface area (Å²) in [5.74, 6) is 7.01. The molecule has 8 heteroatoms. The van der Waals surface area contributed by atoms with Gasteiger partial charge in [0.25, 0.3) is 0 Å². The average molecular weight is 295 g/mol. The third-order valence-corrected chi connectivity index (χ3v) is 4.02. The van der Waals surface area contributed by atoms with E-state index in [2.05, 4.69) is 51.4 Å². The molecule has 1 aliphatic rings. The molecule has 21 heavy (non-hydrogen) atoms. The number of anilines is 3. The van der Waals surface area contributed by atoms with E-state index in [-0.39, 0.29) is 5.54 Å². The molecular weight excluding hydrogens is 270 g/mol. The van der Waals surface area contributed by atoms with Crippen molar-refractivity contribution < 1.29 is 4.74 Å². The fourth-order valence-electron chi connectivity index (χ4n) is 2.09. The molecular formula is C13H25N7O. The number of ether oxygens (including phenoxy) is 1. The van der Waals surface area contributed by atoms with E-state index >= 15 is 0 Å². The van der Waals surface area contributed by atoms with Crippen molar-refractivity contribution in [1.29, 1.82) is 0 Å². The molecule has 4 N–H and O–H groups in total. The highest BCUT2D eigenvalue weighted by atomic mass is 16.5. The maximum Gasteiger partial charge on any atom is 0.243 e. The molecule has 2 heterocycles. The Balaban J connectivity index is 2.24. The van der Waals surface area contributed by atoms with Gasteiger partial charge in [0.1, 0.15) is 0 Å². The molecule has 0 radical (unpaired) electrons. The smallest absolute Gasteiger partial charge is 0.243 e. The van der Waals surface area contributed by atoms with Gasteiger partial charge in [-0.05, 0) is 19.8 Å². The number of hydrogen-bond donors (Lipinski definition) is 3. The molecule has 118 valence electrons. The van der Waals surface area contributed by atoms with Crippen molar-refractivity contribution in [3.05, 3.63) is 0 Å². The highest BCUT2D eigenvalue weighted by molar-refractivity contribution is 5.44. The summed E-state index contributed by atoms with van der Waals surface area (Å²) in [7, 11) is 0. The van der Waals surface area contributed by atoms with Gasteiger partial charge in [-0.2, -0.15) is 15.0 Å². The normalized spacial score (nSPS) is 15.9. The molecule has 1 aromatic heterocycles. The van der Waals surface area contributed by atoms with Gasteiger partial charge < -0.3 is 15.0 Å². The first-order valence-electron chi connectivity index (χ1n) is 7.44. The number of hydrogen-bond acceptors (Lipinski definition) is 8. The third kappa shape index (κ3) is 3.92. The highest BCUT2D eigenvalue weighted by Gasteiger charge is 2.22. The van der Waals surface area contributed by atoms with Crippen LogP contribution in [-0.2, 0) is 4.74 Å². The van der Waals surface area contributed by atoms with Crippen LogP contribution >= 0.6 is 0 Å². The van der Waals surface area contributed by atoms with Gasteiger partial charge in [0.2, 0.25) is 17.8 Å². The molecule has 0 amide bonds. The maximum atomic E-state index is 5.47. The average Bonchev–Trinajstić information content (AvgIpc) is 2.55. The molecule has 1 saturated heterocycles. The first-order chi connectivity index (χ1) is 10.1. The van der Waals surface area contributed by atoms with Crippen molar-refractivity contribution in [3.63, 3.8) is 0 Å². The van der Waals surface area contributed by atoms with E-state index in [1.165, 1.54) is 0 Å². The molecule has 0 spiro atoms. The Bertz CT molecular complexity index is 458. The molecule has 1 fully saturated rings. The van der Waals surface area contributed by atoms with Crippen LogP contribution in [0.15, 0.2) is 0 Å². The molecule has 0 aromatic carbocycles. The first-order valence-corrected chi connectivity index (χ1v) is 7.44. The van der Waals surface area contributed by atoms with Crippen molar-refractivity contribution in [1.82, 2.24) is 15.0 Å². The fraction of sp³-hybridized carbons (Fsp3) is 0.769. The van der Waals surface area contributed by atoms with E-state index in [1.807, 2.05) is 0 Å². The maximum absolute atomic E-state index is 5.47. The number of nitrogen functional groups attached to an aromatic ring is 1. The number of nitrogens with one attached hydrogen (secondary N) is 2. The lowest BCUT2D eigenvalue weighted by Crippen LogP contribution is -2.38. The Morgan fingerprint density at radius 3 is 2.33 bits per heavy atom. The fourth-order valence-corrected chi connectivity index (χ4v) is 2.09. The zero-order chi connectivity index (χ0) is 15.3. The lowest BCUT2D eigenvalue weighted by Gasteiger charge is -2.30. The molecule has 0 atom stereocenters. The van der Waals surface area contributed by atoms with Crippen LogP contribution in [0.5, 0.6) is 0 Å². The number of nitrogens with two attached hydrogens (primary N) is 1. The van der Waals surface area contributed by atoms with Gasteiger partial charge in [0.05, 0.1) is 13.2 Å². The van der Waals surface area contributed by atoms with Crippen LogP contribution in [0, 0.1) is 0 Å². The van der Waals surface area contributed by atoms with Crippen LogP contribution in [0.3, 0.4) is 0 Å². The molecule has 1 aliphatic heterocycles. The Hall–Kier alpha value is -1.67. The minimum absolute atomic E-state index is 0.0461. The highest BCUT2D eigenvalue weighted by Crippen LogP contribution is 2.21. The van der Waals surface area contributed by atoms with Gasteiger partial charge in [0.15, 0.2) is 0 Å². The Labute approximate surface area is 125 Å². The minimum atomic E-state index is -0.0461. The first kappa shape index (κ1) is 15.7. The quantitative estimate of drug-likeness (QED) is 0.527. The number of aromatic nitrogens is 3. The Morgan fingerprint density at radius 2 is 1.76 bits per heavy atom. The number of nitrogens with zero attached hydrogens (tertiary/aromatic N) is 4. The molecule has 0 saturated carbocycles. The van der Waals surface area contributed by atoms with Gasteiger partial charge in [0, 0.05) is 18.6 Å². The van der Waals surface area contributed by atoms with E-state index in [4.69, 9.17) is 10.6 Å². The van der Waals surface area contributed by atoms with Gasteiger partial charge in [-0.1, -0.05) is 13.8 Å². The summed E-state index contributed by atoms with van der Waals surface area (Å²) in [5.41, 5.74) is 2.46. The number of morpholine rings is 1. The van der Waals surface area contributed by atoms with Crippen molar-refractivity contribution in [3.8, 4) is 0 Å². The third-order valence-electron chi connectivity index (χ3n) is 4.02. The van der Waals surface area contributed by atoms with Gasteiger partial charge in [-0.3, -0.25) is 5.43 Å². The monoisotopic (exact) mass is 295 g/mol. The van der Waals surface area contributed by atoms with Crippen molar-refractivity contribution in [2.24, 2.45) is 5.84 Å². The summed E-state index contributed by atoms with van der Waals surface area (Å²) in [6, 6.07) is 0. The molecule has 8 nitrogen and oxygen atoms in total. The number of hydrazine groups is 1. The van der Waals surface area contributed by atoms with Crippen LogP contribution in [0.4, 0.5) is 17.8 Å². The van der Waals surface area contributed by atoms with Crippen LogP contribution in [0.25, 0.3) is 0 Å². The summed E-state index contributed by atoms with van der Waals surface area (Å²) < 4.78 is 5.35. The number of rotatable bonds is 6. The van der Waals surface area contributed by atoms with Crippen LogP contribution < -0.4 is 21.5 Å². The predicted octanol–water partition coefficient (Wildman–Crippen LogP) is 0.984.